The summed E-state index contributed by atoms with van der Waals surface area (Å²) in [4.78, 5) is 0. The summed E-state index contributed by atoms with van der Waals surface area (Å²) in [7, 11) is 0. The number of hydrogen-bond acceptors (Lipinski definition) is 3. The van der Waals surface area contributed by atoms with Crippen LogP contribution in [0.1, 0.15) is 18.9 Å². The number of rotatable bonds is 7. The van der Waals surface area contributed by atoms with Crippen LogP contribution in [-0.2, 0) is 5.75 Å². The Morgan fingerprint density at radius 3 is 2.60 bits per heavy atom. The first-order valence-electron chi connectivity index (χ1n) is 5.47. The van der Waals surface area contributed by atoms with Crippen molar-refractivity contribution in [3.05, 3.63) is 29.8 Å². The van der Waals surface area contributed by atoms with Gasteiger partial charge in [-0.3, -0.25) is 0 Å². The summed E-state index contributed by atoms with van der Waals surface area (Å²) in [6.07, 6.45) is 1.02. The standard InChI is InChI=1S/C12H20N2S/c1-2-15-10-11-4-6-12(7-5-11)14-9-3-8-13/h4-7,14H,2-3,8-10,13H2,1H3. The second kappa shape index (κ2) is 7.60. The van der Waals surface area contributed by atoms with Crippen molar-refractivity contribution in [2.45, 2.75) is 19.1 Å². The molecule has 0 atom stereocenters. The Morgan fingerprint density at radius 1 is 1.27 bits per heavy atom. The molecule has 3 N–H and O–H groups in total. The highest BCUT2D eigenvalue weighted by molar-refractivity contribution is 7.98. The van der Waals surface area contributed by atoms with E-state index in [0.717, 1.165) is 25.3 Å². The second-order valence-electron chi connectivity index (χ2n) is 3.40. The number of thioether (sulfide) groups is 1. The van der Waals surface area contributed by atoms with Gasteiger partial charge in [0.15, 0.2) is 0 Å². The fourth-order valence-electron chi connectivity index (χ4n) is 1.27. The van der Waals surface area contributed by atoms with E-state index in [4.69, 9.17) is 5.73 Å². The third-order valence-corrected chi connectivity index (χ3v) is 3.08. The van der Waals surface area contributed by atoms with E-state index in [9.17, 15) is 0 Å². The van der Waals surface area contributed by atoms with Gasteiger partial charge in [0.05, 0.1) is 0 Å². The number of nitrogens with one attached hydrogen (secondary N) is 1. The summed E-state index contributed by atoms with van der Waals surface area (Å²) in [5.74, 6) is 2.29. The number of hydrogen-bond donors (Lipinski definition) is 2. The average molecular weight is 224 g/mol. The van der Waals surface area contributed by atoms with Gasteiger partial charge >= 0.3 is 0 Å². The highest BCUT2D eigenvalue weighted by Crippen LogP contribution is 2.14. The molecule has 1 rings (SSSR count). The molecule has 0 aliphatic rings. The van der Waals surface area contributed by atoms with E-state index in [1.54, 1.807) is 0 Å². The zero-order valence-corrected chi connectivity index (χ0v) is 10.1. The van der Waals surface area contributed by atoms with Crippen LogP contribution in [0, 0.1) is 0 Å². The van der Waals surface area contributed by atoms with Crippen molar-refractivity contribution in [2.24, 2.45) is 5.73 Å². The molecule has 0 unspecified atom stereocenters. The van der Waals surface area contributed by atoms with Crippen LogP contribution in [0.25, 0.3) is 0 Å². The molecule has 0 aromatic heterocycles. The zero-order valence-electron chi connectivity index (χ0n) is 9.33. The lowest BCUT2D eigenvalue weighted by Crippen LogP contribution is -2.08. The Labute approximate surface area is 96.6 Å². The quantitative estimate of drug-likeness (QED) is 0.699. The third kappa shape index (κ3) is 5.09. The molecule has 0 saturated carbocycles. The third-order valence-electron chi connectivity index (χ3n) is 2.14. The van der Waals surface area contributed by atoms with Crippen LogP contribution in [0.3, 0.4) is 0 Å². The number of benzene rings is 1. The van der Waals surface area contributed by atoms with Gasteiger partial charge in [-0.05, 0) is 36.4 Å². The molecular formula is C12H20N2S. The van der Waals surface area contributed by atoms with E-state index >= 15 is 0 Å². The van der Waals surface area contributed by atoms with Crippen molar-refractivity contribution >= 4 is 17.4 Å². The van der Waals surface area contributed by atoms with Gasteiger partial charge < -0.3 is 11.1 Å². The summed E-state index contributed by atoms with van der Waals surface area (Å²) in [5, 5.41) is 3.34. The van der Waals surface area contributed by atoms with Crippen molar-refractivity contribution in [1.82, 2.24) is 0 Å². The fourth-order valence-corrected chi connectivity index (χ4v) is 1.91. The number of nitrogens with two attached hydrogens (primary N) is 1. The predicted octanol–water partition coefficient (Wildman–Crippen LogP) is 2.70. The smallest absolute Gasteiger partial charge is 0.0340 e. The first kappa shape index (κ1) is 12.4. The van der Waals surface area contributed by atoms with Gasteiger partial charge in [-0.25, -0.2) is 0 Å². The molecule has 0 aliphatic carbocycles. The lowest BCUT2D eigenvalue weighted by Gasteiger charge is -2.06. The Morgan fingerprint density at radius 2 is 2.00 bits per heavy atom. The Balaban J connectivity index is 2.35. The minimum atomic E-state index is 0.748. The van der Waals surface area contributed by atoms with Crippen molar-refractivity contribution in [3.8, 4) is 0 Å². The van der Waals surface area contributed by atoms with Crippen molar-refractivity contribution < 1.29 is 0 Å². The second-order valence-corrected chi connectivity index (χ2v) is 4.68. The molecule has 0 bridgehead atoms. The van der Waals surface area contributed by atoms with E-state index in [2.05, 4.69) is 36.5 Å². The van der Waals surface area contributed by atoms with E-state index in [1.165, 1.54) is 17.0 Å². The van der Waals surface area contributed by atoms with Gasteiger partial charge in [-0.15, -0.1) is 0 Å². The first-order chi connectivity index (χ1) is 7.36. The number of anilines is 1. The van der Waals surface area contributed by atoms with Crippen LogP contribution >= 0.6 is 11.8 Å². The maximum atomic E-state index is 5.43. The summed E-state index contributed by atoms with van der Waals surface area (Å²) in [6.45, 7) is 3.89. The Hall–Kier alpha value is -0.670. The summed E-state index contributed by atoms with van der Waals surface area (Å²) >= 11 is 1.95. The molecule has 0 saturated heterocycles. The van der Waals surface area contributed by atoms with Gasteiger partial charge in [-0.1, -0.05) is 19.1 Å². The molecule has 1 aromatic carbocycles. The molecule has 3 heteroatoms. The van der Waals surface area contributed by atoms with Gasteiger partial charge in [-0.2, -0.15) is 11.8 Å². The topological polar surface area (TPSA) is 38.0 Å². The van der Waals surface area contributed by atoms with Gasteiger partial charge in [0.1, 0.15) is 0 Å². The molecule has 0 fully saturated rings. The molecule has 0 aliphatic heterocycles. The van der Waals surface area contributed by atoms with Crippen LogP contribution < -0.4 is 11.1 Å². The molecule has 0 amide bonds. The maximum absolute atomic E-state index is 5.43. The average Bonchev–Trinajstić information content (AvgIpc) is 2.28. The zero-order chi connectivity index (χ0) is 10.9. The minimum Gasteiger partial charge on any atom is -0.385 e. The van der Waals surface area contributed by atoms with E-state index < -0.39 is 0 Å². The van der Waals surface area contributed by atoms with Crippen molar-refractivity contribution in [2.75, 3.05) is 24.2 Å². The Bertz CT molecular complexity index is 259. The molecule has 84 valence electrons. The summed E-state index contributed by atoms with van der Waals surface area (Å²) < 4.78 is 0. The highest BCUT2D eigenvalue weighted by atomic mass is 32.2. The molecule has 15 heavy (non-hydrogen) atoms. The monoisotopic (exact) mass is 224 g/mol. The molecule has 0 spiro atoms. The highest BCUT2D eigenvalue weighted by Gasteiger charge is 1.94. The normalized spacial score (nSPS) is 10.3. The van der Waals surface area contributed by atoms with E-state index in [0.29, 0.717) is 0 Å². The lowest BCUT2D eigenvalue weighted by atomic mass is 10.2. The predicted molar refractivity (Wildman–Crippen MR) is 70.4 cm³/mol. The fraction of sp³-hybridized carbons (Fsp3) is 0.500. The van der Waals surface area contributed by atoms with Gasteiger partial charge in [0, 0.05) is 18.0 Å². The van der Waals surface area contributed by atoms with Gasteiger partial charge in [0.25, 0.3) is 0 Å². The molecule has 2 nitrogen and oxygen atoms in total. The first-order valence-corrected chi connectivity index (χ1v) is 6.63. The van der Waals surface area contributed by atoms with Crippen LogP contribution in [0.4, 0.5) is 5.69 Å². The SMILES string of the molecule is CCSCc1ccc(NCCCN)cc1. The van der Waals surface area contributed by atoms with E-state index in [1.807, 2.05) is 11.8 Å². The lowest BCUT2D eigenvalue weighted by molar-refractivity contribution is 0.874. The maximum Gasteiger partial charge on any atom is 0.0340 e. The van der Waals surface area contributed by atoms with Crippen LogP contribution in [-0.4, -0.2) is 18.8 Å². The van der Waals surface area contributed by atoms with Crippen LogP contribution in [0.2, 0.25) is 0 Å². The molecule has 0 heterocycles. The minimum absolute atomic E-state index is 0.748. The Kier molecular flexibility index (Phi) is 6.28. The van der Waals surface area contributed by atoms with Crippen molar-refractivity contribution in [3.63, 3.8) is 0 Å². The molecule has 0 radical (unpaired) electrons. The largest absolute Gasteiger partial charge is 0.385 e. The van der Waals surface area contributed by atoms with E-state index in [-0.39, 0.29) is 0 Å². The summed E-state index contributed by atoms with van der Waals surface area (Å²) in [5.41, 5.74) is 8.01. The van der Waals surface area contributed by atoms with Gasteiger partial charge in [0.2, 0.25) is 0 Å². The van der Waals surface area contributed by atoms with Crippen LogP contribution in [0.5, 0.6) is 0 Å². The summed E-state index contributed by atoms with van der Waals surface area (Å²) in [6, 6.07) is 8.66. The van der Waals surface area contributed by atoms with Crippen LogP contribution in [0.15, 0.2) is 24.3 Å². The molecule has 1 aromatic rings. The van der Waals surface area contributed by atoms with Crippen molar-refractivity contribution in [1.29, 1.82) is 0 Å². The molecular weight excluding hydrogens is 204 g/mol.